The van der Waals surface area contributed by atoms with Crippen molar-refractivity contribution < 1.29 is 40.3 Å². The first-order valence-corrected chi connectivity index (χ1v) is 4.43. The normalized spacial score (nSPS) is 12.2. The molecule has 0 atom stereocenters. The van der Waals surface area contributed by atoms with E-state index < -0.39 is 35.2 Å². The molecule has 0 spiro atoms. The van der Waals surface area contributed by atoms with Crippen molar-refractivity contribution in [2.75, 3.05) is 4.90 Å². The Bertz CT molecular complexity index is 451. The summed E-state index contributed by atoms with van der Waals surface area (Å²) in [5, 5.41) is 0. The third-order valence-electron chi connectivity index (χ3n) is 1.76. The van der Waals surface area contributed by atoms with Crippen LogP contribution in [0.5, 0.6) is 5.75 Å². The minimum atomic E-state index is -5.34. The second kappa shape index (κ2) is 4.94. The molecule has 0 unspecified atom stereocenters. The van der Waals surface area contributed by atoms with Crippen LogP contribution in [0.3, 0.4) is 0 Å². The molecule has 0 saturated heterocycles. The first-order valence-electron chi connectivity index (χ1n) is 4.43. The minimum Gasteiger partial charge on any atom is -0.406 e. The zero-order chi connectivity index (χ0) is 14.8. The molecule has 0 aliphatic rings. The molecule has 0 aromatic heterocycles. The van der Waals surface area contributed by atoms with Gasteiger partial charge in [-0.25, -0.2) is 4.79 Å². The summed E-state index contributed by atoms with van der Waals surface area (Å²) in [4.78, 5) is 9.07. The van der Waals surface area contributed by atoms with E-state index in [1.54, 1.807) is 0 Å². The molecule has 19 heavy (non-hydrogen) atoms. The van der Waals surface area contributed by atoms with Crippen LogP contribution in [0.2, 0.25) is 0 Å². The fraction of sp³-hybridized carbons (Fsp3) is 0.222. The predicted molar refractivity (Wildman–Crippen MR) is 48.2 cm³/mol. The van der Waals surface area contributed by atoms with Gasteiger partial charge in [0.15, 0.2) is 0 Å². The van der Waals surface area contributed by atoms with Gasteiger partial charge in [-0.2, -0.15) is 4.90 Å². The summed E-state index contributed by atoms with van der Waals surface area (Å²) in [5.74, 6) is -0.801. The quantitative estimate of drug-likeness (QED) is 0.468. The number of carbonyl (C=O) groups excluding carboxylic acids is 1. The van der Waals surface area contributed by atoms with Crippen LogP contribution in [-0.4, -0.2) is 18.8 Å². The van der Waals surface area contributed by atoms with Crippen molar-refractivity contribution in [3.05, 3.63) is 24.3 Å². The number of anilines is 1. The molecule has 0 aliphatic carbocycles. The van der Waals surface area contributed by atoms with Crippen LogP contribution in [0, 0.1) is 0 Å². The van der Waals surface area contributed by atoms with E-state index in [0.717, 1.165) is 0 Å². The largest absolute Gasteiger partial charge is 0.573 e. The molecule has 10 heteroatoms. The van der Waals surface area contributed by atoms with E-state index in [0.29, 0.717) is 24.3 Å². The van der Waals surface area contributed by atoms with Gasteiger partial charge in [0, 0.05) is 0 Å². The number of ether oxygens (including phenoxy) is 1. The van der Waals surface area contributed by atoms with Gasteiger partial charge in [0.2, 0.25) is 0 Å². The van der Waals surface area contributed by atoms with Gasteiger partial charge in [0.1, 0.15) is 5.75 Å². The molecular weight excluding hydrogens is 287 g/mol. The predicted octanol–water partition coefficient (Wildman–Crippen LogP) is 4.00. The summed E-state index contributed by atoms with van der Waals surface area (Å²) in [6, 6.07) is 1.97. The van der Waals surface area contributed by atoms with Crippen molar-refractivity contribution in [3.8, 4) is 5.75 Å². The molecule has 0 bridgehead atoms. The Morgan fingerprint density at radius 3 is 1.79 bits per heavy atom. The summed E-state index contributed by atoms with van der Waals surface area (Å²) in [7, 11) is 0. The Kier molecular flexibility index (Phi) is 3.91. The minimum absolute atomic E-state index is 0.464. The summed E-state index contributed by atoms with van der Waals surface area (Å²) in [6.07, 6.45) is -13.2. The number of hydrogen-bond acceptors (Lipinski definition) is 2. The topological polar surface area (TPSA) is 29.5 Å². The second-order valence-corrected chi connectivity index (χ2v) is 3.10. The van der Waals surface area contributed by atoms with Gasteiger partial charge in [0.05, 0.1) is 5.69 Å². The Morgan fingerprint density at radius 1 is 1.00 bits per heavy atom. The van der Waals surface area contributed by atoms with E-state index >= 15 is 0 Å². The maximum atomic E-state index is 12.3. The molecule has 3 nitrogen and oxygen atoms in total. The van der Waals surface area contributed by atoms with E-state index in [4.69, 9.17) is 0 Å². The maximum absolute atomic E-state index is 12.3. The highest BCUT2D eigenvalue weighted by atomic mass is 19.4. The standard InChI is InChI=1S/C9H4F7NO2/c10-7(18)17(8(11,12)13)5-1-3-6(4-2-5)19-9(14,15)16/h1-4H. The van der Waals surface area contributed by atoms with Crippen LogP contribution in [0.1, 0.15) is 0 Å². The van der Waals surface area contributed by atoms with E-state index in [9.17, 15) is 35.5 Å². The van der Waals surface area contributed by atoms with E-state index in [1.165, 1.54) is 0 Å². The highest BCUT2D eigenvalue weighted by Gasteiger charge is 2.42. The van der Waals surface area contributed by atoms with Crippen LogP contribution in [-0.2, 0) is 0 Å². The lowest BCUT2D eigenvalue weighted by Gasteiger charge is -2.21. The number of halogens is 7. The van der Waals surface area contributed by atoms with Crippen molar-refractivity contribution >= 4 is 11.8 Å². The highest BCUT2D eigenvalue weighted by Crippen LogP contribution is 2.31. The molecule has 1 aromatic carbocycles. The number of rotatable bonds is 2. The monoisotopic (exact) mass is 291 g/mol. The molecule has 0 aliphatic heterocycles. The highest BCUT2D eigenvalue weighted by molar-refractivity contribution is 5.87. The Balaban J connectivity index is 3.00. The molecule has 0 fully saturated rings. The molecule has 1 amide bonds. The smallest absolute Gasteiger partial charge is 0.406 e. The molecule has 106 valence electrons. The van der Waals surface area contributed by atoms with Gasteiger partial charge >= 0.3 is 18.8 Å². The first-order chi connectivity index (χ1) is 8.50. The van der Waals surface area contributed by atoms with Gasteiger partial charge < -0.3 is 4.74 Å². The zero-order valence-corrected chi connectivity index (χ0v) is 8.72. The van der Waals surface area contributed by atoms with Gasteiger partial charge in [-0.3, -0.25) is 0 Å². The van der Waals surface area contributed by atoms with Crippen LogP contribution in [0.15, 0.2) is 24.3 Å². The fourth-order valence-corrected chi connectivity index (χ4v) is 1.14. The summed E-state index contributed by atoms with van der Waals surface area (Å²) in [6.45, 7) is 0. The number of carbonyl (C=O) groups is 1. The van der Waals surface area contributed by atoms with Gasteiger partial charge in [-0.15, -0.1) is 30.7 Å². The summed E-state index contributed by atoms with van der Waals surface area (Å²) < 4.78 is 87.9. The average molecular weight is 291 g/mol. The summed E-state index contributed by atoms with van der Waals surface area (Å²) in [5.41, 5.74) is -0.977. The van der Waals surface area contributed by atoms with Crippen LogP contribution in [0.4, 0.5) is 41.2 Å². The Hall–Kier alpha value is -2.00. The lowest BCUT2D eigenvalue weighted by molar-refractivity contribution is -0.274. The third kappa shape index (κ3) is 4.30. The molecule has 1 aromatic rings. The van der Waals surface area contributed by atoms with Crippen molar-refractivity contribution in [2.24, 2.45) is 0 Å². The van der Waals surface area contributed by atoms with Gasteiger partial charge in [-0.05, 0) is 24.3 Å². The molecule has 0 N–H and O–H groups in total. The van der Waals surface area contributed by atoms with E-state index in [2.05, 4.69) is 4.74 Å². The van der Waals surface area contributed by atoms with Crippen LogP contribution in [0.25, 0.3) is 0 Å². The van der Waals surface area contributed by atoms with Gasteiger partial charge in [0.25, 0.3) is 0 Å². The van der Waals surface area contributed by atoms with Crippen LogP contribution < -0.4 is 9.64 Å². The Morgan fingerprint density at radius 2 is 1.47 bits per heavy atom. The fourth-order valence-electron chi connectivity index (χ4n) is 1.14. The lowest BCUT2D eigenvalue weighted by atomic mass is 10.3. The Labute approximate surface area is 101 Å². The summed E-state index contributed by atoms with van der Waals surface area (Å²) >= 11 is 0. The molecular formula is C9H4F7NO2. The van der Waals surface area contributed by atoms with Crippen molar-refractivity contribution in [2.45, 2.75) is 12.7 Å². The lowest BCUT2D eigenvalue weighted by Crippen LogP contribution is -2.40. The van der Waals surface area contributed by atoms with E-state index in [1.807, 2.05) is 0 Å². The van der Waals surface area contributed by atoms with E-state index in [-0.39, 0.29) is 0 Å². The van der Waals surface area contributed by atoms with Gasteiger partial charge in [-0.1, -0.05) is 0 Å². The molecule has 1 rings (SSSR count). The van der Waals surface area contributed by atoms with Crippen molar-refractivity contribution in [3.63, 3.8) is 0 Å². The van der Waals surface area contributed by atoms with Crippen molar-refractivity contribution in [1.82, 2.24) is 0 Å². The number of benzene rings is 1. The molecule has 0 saturated carbocycles. The third-order valence-corrected chi connectivity index (χ3v) is 1.76. The SMILES string of the molecule is O=C(F)N(c1ccc(OC(F)(F)F)cc1)C(F)(F)F. The number of nitrogens with zero attached hydrogens (tertiary/aromatic N) is 1. The van der Waals surface area contributed by atoms with Crippen molar-refractivity contribution in [1.29, 1.82) is 0 Å². The second-order valence-electron chi connectivity index (χ2n) is 3.10. The zero-order valence-electron chi connectivity index (χ0n) is 8.72. The molecule has 0 heterocycles. The average Bonchev–Trinajstić information content (AvgIpc) is 2.15. The number of hydrogen-bond donors (Lipinski definition) is 0. The number of amides is 1. The maximum Gasteiger partial charge on any atom is 0.573 e. The van der Waals surface area contributed by atoms with Crippen LogP contribution >= 0.6 is 0 Å². The number of alkyl halides is 6. The molecule has 0 radical (unpaired) electrons. The first kappa shape index (κ1) is 15.1.